The molecular formula is C15H12O4S. The average molecular weight is 288 g/mol. The molecule has 20 heavy (non-hydrogen) atoms. The summed E-state index contributed by atoms with van der Waals surface area (Å²) in [5, 5.41) is 0.680. The monoisotopic (exact) mass is 288 g/mol. The first-order valence-corrected chi connectivity index (χ1v) is 7.31. The van der Waals surface area contributed by atoms with Crippen LogP contribution in [0.2, 0.25) is 0 Å². The summed E-state index contributed by atoms with van der Waals surface area (Å²) in [6.07, 6.45) is 1.23. The first-order valence-electron chi connectivity index (χ1n) is 5.81. The van der Waals surface area contributed by atoms with Gasteiger partial charge < -0.3 is 0 Å². The van der Waals surface area contributed by atoms with Crippen molar-refractivity contribution in [3.8, 4) is 0 Å². The lowest BCUT2D eigenvalue weighted by molar-refractivity contribution is 0.103. The lowest BCUT2D eigenvalue weighted by atomic mass is 10.0. The van der Waals surface area contributed by atoms with Crippen LogP contribution in [0.3, 0.4) is 0 Å². The molecule has 0 fully saturated rings. The van der Waals surface area contributed by atoms with E-state index in [1.807, 2.05) is 6.07 Å². The fraction of sp³-hybridized carbons (Fsp3) is 0. The number of carbonyl (C=O) groups is 1. The maximum Gasteiger partial charge on any atom is 0.287 e. The summed E-state index contributed by atoms with van der Waals surface area (Å²) in [5.74, 6) is -0.146. The van der Waals surface area contributed by atoms with E-state index in [0.717, 1.165) is 0 Å². The van der Waals surface area contributed by atoms with Crippen LogP contribution in [-0.2, 0) is 10.1 Å². The van der Waals surface area contributed by atoms with Gasteiger partial charge in [0.05, 0.1) is 5.41 Å². The van der Waals surface area contributed by atoms with Crippen molar-refractivity contribution in [2.45, 2.75) is 0 Å². The van der Waals surface area contributed by atoms with Crippen LogP contribution in [0.15, 0.2) is 60.0 Å². The van der Waals surface area contributed by atoms with Gasteiger partial charge in [0.15, 0.2) is 5.78 Å². The molecule has 0 aliphatic rings. The Kier molecular flexibility index (Phi) is 4.12. The Bertz CT molecular complexity index is 746. The van der Waals surface area contributed by atoms with Crippen LogP contribution in [0, 0.1) is 0 Å². The summed E-state index contributed by atoms with van der Waals surface area (Å²) >= 11 is 0. The van der Waals surface area contributed by atoms with Crippen LogP contribution in [0.1, 0.15) is 21.5 Å². The highest BCUT2D eigenvalue weighted by Crippen LogP contribution is 2.13. The number of benzene rings is 2. The molecule has 2 aromatic carbocycles. The van der Waals surface area contributed by atoms with Gasteiger partial charge in [-0.05, 0) is 17.7 Å². The number of hydrogen-bond acceptors (Lipinski definition) is 3. The van der Waals surface area contributed by atoms with Crippen LogP contribution in [0.4, 0.5) is 0 Å². The molecule has 0 aromatic heterocycles. The molecule has 2 aromatic rings. The smallest absolute Gasteiger partial charge is 0.287 e. The second-order valence-electron chi connectivity index (χ2n) is 4.14. The molecule has 0 aliphatic heterocycles. The molecule has 0 spiro atoms. The summed E-state index contributed by atoms with van der Waals surface area (Å²) in [5.41, 5.74) is 1.53. The number of hydrogen-bond donors (Lipinski definition) is 1. The lowest BCUT2D eigenvalue weighted by Crippen LogP contribution is -2.00. The molecule has 0 saturated carbocycles. The molecule has 0 saturated heterocycles. The molecule has 0 radical (unpaired) electrons. The van der Waals surface area contributed by atoms with E-state index >= 15 is 0 Å². The average Bonchev–Trinajstić information content (AvgIpc) is 2.45. The molecule has 0 unspecified atom stereocenters. The van der Waals surface area contributed by atoms with Crippen LogP contribution >= 0.6 is 0 Å². The minimum Gasteiger partial charge on any atom is -0.289 e. The Morgan fingerprint density at radius 2 is 1.60 bits per heavy atom. The standard InChI is InChI=1S/C15H12O4S/c16-15(13-6-2-1-3-7-13)14-8-4-5-12(11-14)9-10-20(17,18)19/h1-11H,(H,17,18,19). The quantitative estimate of drug-likeness (QED) is 0.693. The van der Waals surface area contributed by atoms with Gasteiger partial charge in [-0.3, -0.25) is 9.35 Å². The second kappa shape index (κ2) is 5.81. The van der Waals surface area contributed by atoms with Crippen molar-refractivity contribution < 1.29 is 17.8 Å². The SMILES string of the molecule is O=C(c1ccccc1)c1cccc(C=CS(=O)(=O)O)c1. The van der Waals surface area contributed by atoms with Crippen molar-refractivity contribution >= 4 is 22.0 Å². The summed E-state index contributed by atoms with van der Waals surface area (Å²) in [6, 6.07) is 15.3. The van der Waals surface area contributed by atoms with E-state index in [0.29, 0.717) is 22.1 Å². The molecule has 0 bridgehead atoms. The largest absolute Gasteiger partial charge is 0.289 e. The number of rotatable bonds is 4. The van der Waals surface area contributed by atoms with Gasteiger partial charge >= 0.3 is 0 Å². The summed E-state index contributed by atoms with van der Waals surface area (Å²) in [6.45, 7) is 0. The number of ketones is 1. The Balaban J connectivity index is 2.31. The van der Waals surface area contributed by atoms with Gasteiger partial charge in [-0.25, -0.2) is 0 Å². The zero-order valence-electron chi connectivity index (χ0n) is 10.4. The van der Waals surface area contributed by atoms with Crippen LogP contribution in [0.5, 0.6) is 0 Å². The van der Waals surface area contributed by atoms with E-state index in [1.165, 1.54) is 6.08 Å². The van der Waals surface area contributed by atoms with Gasteiger partial charge in [-0.15, -0.1) is 0 Å². The molecular weight excluding hydrogens is 276 g/mol. The first-order chi connectivity index (χ1) is 9.46. The van der Waals surface area contributed by atoms with Crippen LogP contribution < -0.4 is 0 Å². The predicted molar refractivity (Wildman–Crippen MR) is 76.9 cm³/mol. The Labute approximate surface area is 117 Å². The summed E-state index contributed by atoms with van der Waals surface area (Å²) in [7, 11) is -4.17. The Morgan fingerprint density at radius 1 is 0.950 bits per heavy atom. The van der Waals surface area contributed by atoms with Gasteiger partial charge in [0, 0.05) is 11.1 Å². The van der Waals surface area contributed by atoms with E-state index in [4.69, 9.17) is 4.55 Å². The van der Waals surface area contributed by atoms with Gasteiger partial charge in [0.1, 0.15) is 0 Å². The minimum absolute atomic E-state index is 0.146. The zero-order valence-corrected chi connectivity index (χ0v) is 11.2. The van der Waals surface area contributed by atoms with Gasteiger partial charge in [-0.2, -0.15) is 8.42 Å². The normalized spacial score (nSPS) is 11.7. The van der Waals surface area contributed by atoms with Gasteiger partial charge in [0.25, 0.3) is 10.1 Å². The minimum atomic E-state index is -4.17. The molecule has 1 N–H and O–H groups in total. The highest BCUT2D eigenvalue weighted by atomic mass is 32.2. The van der Waals surface area contributed by atoms with Crippen molar-refractivity contribution in [3.63, 3.8) is 0 Å². The third kappa shape index (κ3) is 3.88. The molecule has 102 valence electrons. The van der Waals surface area contributed by atoms with Crippen LogP contribution in [-0.4, -0.2) is 18.8 Å². The highest BCUT2D eigenvalue weighted by molar-refractivity contribution is 7.88. The molecule has 0 atom stereocenters. The maximum absolute atomic E-state index is 12.2. The van der Waals surface area contributed by atoms with E-state index in [9.17, 15) is 13.2 Å². The van der Waals surface area contributed by atoms with Crippen molar-refractivity contribution in [1.29, 1.82) is 0 Å². The lowest BCUT2D eigenvalue weighted by Gasteiger charge is -2.02. The summed E-state index contributed by atoms with van der Waals surface area (Å²) < 4.78 is 29.9. The topological polar surface area (TPSA) is 71.4 Å². The number of carbonyl (C=O) groups excluding carboxylic acids is 1. The Morgan fingerprint density at radius 3 is 2.25 bits per heavy atom. The summed E-state index contributed by atoms with van der Waals surface area (Å²) in [4.78, 5) is 12.2. The molecule has 4 nitrogen and oxygen atoms in total. The van der Waals surface area contributed by atoms with E-state index in [1.54, 1.807) is 48.5 Å². The predicted octanol–water partition coefficient (Wildman–Crippen LogP) is 2.78. The third-order valence-corrected chi connectivity index (χ3v) is 3.10. The fourth-order valence-electron chi connectivity index (χ4n) is 1.70. The van der Waals surface area contributed by atoms with Crippen molar-refractivity contribution in [3.05, 3.63) is 76.7 Å². The first kappa shape index (κ1) is 14.2. The third-order valence-electron chi connectivity index (χ3n) is 2.62. The molecule has 0 aliphatic carbocycles. The van der Waals surface area contributed by atoms with Crippen molar-refractivity contribution in [1.82, 2.24) is 0 Å². The van der Waals surface area contributed by atoms with Crippen molar-refractivity contribution in [2.75, 3.05) is 0 Å². The fourth-order valence-corrected chi connectivity index (χ4v) is 2.03. The van der Waals surface area contributed by atoms with E-state index in [2.05, 4.69) is 0 Å². The molecule has 2 rings (SSSR count). The highest BCUT2D eigenvalue weighted by Gasteiger charge is 2.08. The molecule has 5 heteroatoms. The van der Waals surface area contributed by atoms with E-state index < -0.39 is 10.1 Å². The molecule has 0 amide bonds. The van der Waals surface area contributed by atoms with Crippen LogP contribution in [0.25, 0.3) is 6.08 Å². The second-order valence-corrected chi connectivity index (χ2v) is 5.44. The maximum atomic E-state index is 12.2. The Hall–Kier alpha value is -2.24. The molecule has 0 heterocycles. The zero-order chi connectivity index (χ0) is 14.6. The van der Waals surface area contributed by atoms with E-state index in [-0.39, 0.29) is 5.78 Å². The van der Waals surface area contributed by atoms with Gasteiger partial charge in [0.2, 0.25) is 0 Å². The van der Waals surface area contributed by atoms with Crippen molar-refractivity contribution in [2.24, 2.45) is 0 Å². The van der Waals surface area contributed by atoms with Gasteiger partial charge in [-0.1, -0.05) is 48.5 Å².